The molecule has 2 aliphatic rings. The molecule has 98 valence electrons. The van der Waals surface area contributed by atoms with Gasteiger partial charge in [0, 0.05) is 31.9 Å². The van der Waals surface area contributed by atoms with Crippen molar-refractivity contribution in [1.82, 2.24) is 10.2 Å². The second-order valence-electron chi connectivity index (χ2n) is 5.13. The number of carbonyl (C=O) groups excluding carboxylic acids is 1. The van der Waals surface area contributed by atoms with Crippen LogP contribution in [-0.2, 0) is 14.6 Å². The first-order valence-electron chi connectivity index (χ1n) is 6.11. The summed E-state index contributed by atoms with van der Waals surface area (Å²) in [6.07, 6.45) is 3.24. The molecule has 3 unspecified atom stereocenters. The highest BCUT2D eigenvalue weighted by Gasteiger charge is 2.40. The van der Waals surface area contributed by atoms with Gasteiger partial charge in [-0.25, -0.2) is 8.42 Å². The number of sulfone groups is 1. The SMILES string of the molecule is CC(C(=O)N1CCCC2CNCC21)S(C)(=O)=O. The summed E-state index contributed by atoms with van der Waals surface area (Å²) >= 11 is 0. The maximum Gasteiger partial charge on any atom is 0.240 e. The van der Waals surface area contributed by atoms with Crippen LogP contribution in [0.25, 0.3) is 0 Å². The number of piperidine rings is 1. The standard InChI is InChI=1S/C11H20N2O3S/c1-8(17(2,15)16)11(14)13-5-3-4-9-6-12-7-10(9)13/h8-10,12H,3-7H2,1-2H3. The average molecular weight is 260 g/mol. The monoisotopic (exact) mass is 260 g/mol. The fourth-order valence-electron chi connectivity index (χ4n) is 2.76. The van der Waals surface area contributed by atoms with Crippen molar-refractivity contribution in [3.05, 3.63) is 0 Å². The van der Waals surface area contributed by atoms with E-state index in [1.807, 2.05) is 0 Å². The predicted octanol–water partition coefficient (Wildman–Crippen LogP) is -0.370. The summed E-state index contributed by atoms with van der Waals surface area (Å²) in [6.45, 7) is 3.93. The Morgan fingerprint density at radius 1 is 1.41 bits per heavy atom. The molecule has 0 radical (unpaired) electrons. The van der Waals surface area contributed by atoms with Crippen molar-refractivity contribution < 1.29 is 13.2 Å². The number of carbonyl (C=O) groups is 1. The number of likely N-dealkylation sites (tertiary alicyclic amines) is 1. The van der Waals surface area contributed by atoms with Crippen LogP contribution in [0.15, 0.2) is 0 Å². The molecule has 0 saturated carbocycles. The highest BCUT2D eigenvalue weighted by atomic mass is 32.2. The molecule has 3 atom stereocenters. The molecule has 2 rings (SSSR count). The van der Waals surface area contributed by atoms with Gasteiger partial charge in [0.1, 0.15) is 5.25 Å². The van der Waals surface area contributed by atoms with Crippen LogP contribution >= 0.6 is 0 Å². The first kappa shape index (κ1) is 12.8. The van der Waals surface area contributed by atoms with Gasteiger partial charge in [-0.05, 0) is 25.7 Å². The molecule has 1 N–H and O–H groups in total. The van der Waals surface area contributed by atoms with Crippen LogP contribution in [0.1, 0.15) is 19.8 Å². The Morgan fingerprint density at radius 2 is 2.12 bits per heavy atom. The lowest BCUT2D eigenvalue weighted by atomic mass is 9.92. The molecule has 2 heterocycles. The number of nitrogens with zero attached hydrogens (tertiary/aromatic N) is 1. The van der Waals surface area contributed by atoms with Crippen LogP contribution in [0.3, 0.4) is 0 Å². The van der Waals surface area contributed by atoms with Crippen LogP contribution in [0.5, 0.6) is 0 Å². The molecule has 0 bridgehead atoms. The maximum atomic E-state index is 12.2. The zero-order chi connectivity index (χ0) is 12.6. The van der Waals surface area contributed by atoms with E-state index in [4.69, 9.17) is 0 Å². The molecule has 2 fully saturated rings. The number of amides is 1. The van der Waals surface area contributed by atoms with Crippen molar-refractivity contribution in [3.63, 3.8) is 0 Å². The molecule has 6 heteroatoms. The number of fused-ring (bicyclic) bond motifs is 1. The fraction of sp³-hybridized carbons (Fsp3) is 0.909. The van der Waals surface area contributed by atoms with Gasteiger partial charge in [-0.2, -0.15) is 0 Å². The number of nitrogens with one attached hydrogen (secondary N) is 1. The highest BCUT2D eigenvalue weighted by Crippen LogP contribution is 2.27. The minimum Gasteiger partial charge on any atom is -0.337 e. The lowest BCUT2D eigenvalue weighted by molar-refractivity contribution is -0.134. The fourth-order valence-corrected chi connectivity index (χ4v) is 3.26. The topological polar surface area (TPSA) is 66.5 Å². The molecule has 0 aliphatic carbocycles. The summed E-state index contributed by atoms with van der Waals surface area (Å²) in [5.41, 5.74) is 0. The van der Waals surface area contributed by atoms with Gasteiger partial charge in [0.2, 0.25) is 5.91 Å². The molecule has 0 spiro atoms. The molecule has 0 aromatic heterocycles. The summed E-state index contributed by atoms with van der Waals surface area (Å²) in [5, 5.41) is 2.37. The number of rotatable bonds is 2. The molecule has 2 saturated heterocycles. The van der Waals surface area contributed by atoms with Crippen LogP contribution in [0.4, 0.5) is 0 Å². The third-order valence-electron chi connectivity index (χ3n) is 3.95. The third-order valence-corrected chi connectivity index (χ3v) is 5.44. The number of hydrogen-bond acceptors (Lipinski definition) is 4. The molecular formula is C11H20N2O3S. The lowest BCUT2D eigenvalue weighted by Crippen LogP contribution is -2.52. The molecule has 0 aromatic carbocycles. The lowest BCUT2D eigenvalue weighted by Gasteiger charge is -2.38. The smallest absolute Gasteiger partial charge is 0.240 e. The van der Waals surface area contributed by atoms with E-state index in [0.29, 0.717) is 12.5 Å². The first-order valence-corrected chi connectivity index (χ1v) is 8.07. The Balaban J connectivity index is 2.13. The summed E-state index contributed by atoms with van der Waals surface area (Å²) < 4.78 is 22.9. The van der Waals surface area contributed by atoms with Gasteiger partial charge in [0.15, 0.2) is 9.84 Å². The quantitative estimate of drug-likeness (QED) is 0.735. The van der Waals surface area contributed by atoms with Crippen LogP contribution in [0.2, 0.25) is 0 Å². The Hall–Kier alpha value is -0.620. The Morgan fingerprint density at radius 3 is 2.76 bits per heavy atom. The zero-order valence-corrected chi connectivity index (χ0v) is 11.2. The van der Waals surface area contributed by atoms with Gasteiger partial charge in [0.05, 0.1) is 0 Å². The van der Waals surface area contributed by atoms with E-state index in [-0.39, 0.29) is 11.9 Å². The van der Waals surface area contributed by atoms with Crippen LogP contribution < -0.4 is 5.32 Å². The van der Waals surface area contributed by atoms with E-state index in [9.17, 15) is 13.2 Å². The molecule has 0 aromatic rings. The summed E-state index contributed by atoms with van der Waals surface area (Å²) in [4.78, 5) is 14.0. The summed E-state index contributed by atoms with van der Waals surface area (Å²) in [5.74, 6) is 0.269. The Kier molecular flexibility index (Phi) is 3.45. The summed E-state index contributed by atoms with van der Waals surface area (Å²) in [6, 6.07) is 0.195. The van der Waals surface area contributed by atoms with Crippen LogP contribution in [0, 0.1) is 5.92 Å². The Labute approximate surface area is 102 Å². The molecular weight excluding hydrogens is 240 g/mol. The van der Waals surface area contributed by atoms with Crippen molar-refractivity contribution in [2.75, 3.05) is 25.9 Å². The highest BCUT2D eigenvalue weighted by molar-refractivity contribution is 7.92. The van der Waals surface area contributed by atoms with Crippen molar-refractivity contribution in [2.45, 2.75) is 31.1 Å². The van der Waals surface area contributed by atoms with Crippen LogP contribution in [-0.4, -0.2) is 56.4 Å². The van der Waals surface area contributed by atoms with Gasteiger partial charge >= 0.3 is 0 Å². The van der Waals surface area contributed by atoms with Crippen molar-refractivity contribution in [1.29, 1.82) is 0 Å². The summed E-state index contributed by atoms with van der Waals surface area (Å²) in [7, 11) is -3.29. The van der Waals surface area contributed by atoms with E-state index in [2.05, 4.69) is 5.32 Å². The van der Waals surface area contributed by atoms with Crippen molar-refractivity contribution in [2.24, 2.45) is 5.92 Å². The van der Waals surface area contributed by atoms with E-state index in [0.717, 1.165) is 32.2 Å². The molecule has 17 heavy (non-hydrogen) atoms. The minimum absolute atomic E-state index is 0.195. The van der Waals surface area contributed by atoms with Gasteiger partial charge < -0.3 is 10.2 Å². The zero-order valence-electron chi connectivity index (χ0n) is 10.3. The van der Waals surface area contributed by atoms with E-state index >= 15 is 0 Å². The van der Waals surface area contributed by atoms with E-state index < -0.39 is 15.1 Å². The minimum atomic E-state index is -3.29. The van der Waals surface area contributed by atoms with Crippen molar-refractivity contribution in [3.8, 4) is 0 Å². The second-order valence-corrected chi connectivity index (χ2v) is 7.50. The Bertz CT molecular complexity index is 407. The number of hydrogen-bond donors (Lipinski definition) is 1. The van der Waals surface area contributed by atoms with Gasteiger partial charge in [0.25, 0.3) is 0 Å². The molecule has 1 amide bonds. The normalized spacial score (nSPS) is 31.1. The maximum absolute atomic E-state index is 12.2. The largest absolute Gasteiger partial charge is 0.337 e. The van der Waals surface area contributed by atoms with Gasteiger partial charge in [-0.3, -0.25) is 4.79 Å². The van der Waals surface area contributed by atoms with Gasteiger partial charge in [-0.1, -0.05) is 0 Å². The molecule has 2 aliphatic heterocycles. The average Bonchev–Trinajstić information content (AvgIpc) is 2.73. The predicted molar refractivity (Wildman–Crippen MR) is 65.4 cm³/mol. The third kappa shape index (κ3) is 2.47. The van der Waals surface area contributed by atoms with E-state index in [1.165, 1.54) is 6.92 Å². The molecule has 5 nitrogen and oxygen atoms in total. The second kappa shape index (κ2) is 4.57. The van der Waals surface area contributed by atoms with E-state index in [1.54, 1.807) is 4.90 Å². The van der Waals surface area contributed by atoms with Crippen molar-refractivity contribution >= 4 is 15.7 Å². The van der Waals surface area contributed by atoms with Gasteiger partial charge in [-0.15, -0.1) is 0 Å². The first-order chi connectivity index (χ1) is 7.91.